The van der Waals surface area contributed by atoms with E-state index in [2.05, 4.69) is 0 Å². The molecule has 0 N–H and O–H groups in total. The fourth-order valence-electron chi connectivity index (χ4n) is 3.27. The van der Waals surface area contributed by atoms with Gasteiger partial charge in [0.2, 0.25) is 5.91 Å². The zero-order chi connectivity index (χ0) is 21.0. The Labute approximate surface area is 174 Å². The highest BCUT2D eigenvalue weighted by molar-refractivity contribution is 7.91. The Kier molecular flexibility index (Phi) is 6.66. The van der Waals surface area contributed by atoms with Gasteiger partial charge in [0.1, 0.15) is 4.21 Å². The normalized spacial score (nSPS) is 15.2. The predicted molar refractivity (Wildman–Crippen MR) is 110 cm³/mol. The number of carbonyl (C=O) groups excluding carboxylic acids is 1. The van der Waals surface area contributed by atoms with Crippen molar-refractivity contribution in [3.05, 3.63) is 57.0 Å². The molecule has 1 aliphatic heterocycles. The topological polar surface area (TPSA) is 101 Å². The average Bonchev–Trinajstić information content (AvgIpc) is 3.18. The van der Waals surface area contributed by atoms with Gasteiger partial charge in [-0.3, -0.25) is 14.9 Å². The molecule has 0 unspecified atom stereocenters. The SMILES string of the molecule is CN(Cc1ccccc1[N+](=O)[O-])C(=O)Cc1ccc(S(=O)(=O)N2CCCCC2)s1. The van der Waals surface area contributed by atoms with Crippen molar-refractivity contribution in [1.29, 1.82) is 0 Å². The number of benzene rings is 1. The van der Waals surface area contributed by atoms with Crippen LogP contribution in [0.5, 0.6) is 0 Å². The molecule has 1 fully saturated rings. The van der Waals surface area contributed by atoms with Gasteiger partial charge in [-0.1, -0.05) is 24.6 Å². The maximum absolute atomic E-state index is 12.7. The third kappa shape index (κ3) is 5.01. The lowest BCUT2D eigenvalue weighted by molar-refractivity contribution is -0.385. The van der Waals surface area contributed by atoms with Crippen LogP contribution in [0.4, 0.5) is 5.69 Å². The highest BCUT2D eigenvalue weighted by atomic mass is 32.2. The Morgan fingerprint density at radius 2 is 1.86 bits per heavy atom. The summed E-state index contributed by atoms with van der Waals surface area (Å²) in [6.45, 7) is 1.18. The number of amides is 1. The van der Waals surface area contributed by atoms with Crippen molar-refractivity contribution in [2.45, 2.75) is 36.4 Å². The molecule has 0 radical (unpaired) electrons. The molecule has 0 saturated carbocycles. The summed E-state index contributed by atoms with van der Waals surface area (Å²) >= 11 is 1.11. The quantitative estimate of drug-likeness (QED) is 0.489. The zero-order valence-corrected chi connectivity index (χ0v) is 17.7. The number of nitro groups is 1. The molecule has 0 atom stereocenters. The second-order valence-corrected chi connectivity index (χ2v) is 10.3. The van der Waals surface area contributed by atoms with E-state index in [9.17, 15) is 23.3 Å². The van der Waals surface area contributed by atoms with Crippen molar-refractivity contribution < 1.29 is 18.1 Å². The molecular weight excluding hydrogens is 414 g/mol. The first-order valence-electron chi connectivity index (χ1n) is 9.34. The zero-order valence-electron chi connectivity index (χ0n) is 16.1. The lowest BCUT2D eigenvalue weighted by atomic mass is 10.1. The van der Waals surface area contributed by atoms with E-state index in [1.165, 1.54) is 15.3 Å². The Balaban J connectivity index is 1.66. The van der Waals surface area contributed by atoms with Crippen LogP contribution in [0.3, 0.4) is 0 Å². The van der Waals surface area contributed by atoms with Gasteiger partial charge in [-0.15, -0.1) is 11.3 Å². The van der Waals surface area contributed by atoms with Crippen molar-refractivity contribution in [1.82, 2.24) is 9.21 Å². The number of hydrogen-bond donors (Lipinski definition) is 0. The van der Waals surface area contributed by atoms with Crippen LogP contribution in [0.1, 0.15) is 29.7 Å². The molecule has 29 heavy (non-hydrogen) atoms. The summed E-state index contributed by atoms with van der Waals surface area (Å²) < 4.78 is 27.2. The smallest absolute Gasteiger partial charge is 0.274 e. The fraction of sp³-hybridized carbons (Fsp3) is 0.421. The number of sulfonamides is 1. The van der Waals surface area contributed by atoms with Crippen molar-refractivity contribution in [3.63, 3.8) is 0 Å². The number of carbonyl (C=O) groups is 1. The maximum atomic E-state index is 12.7. The number of rotatable bonds is 7. The molecule has 3 rings (SSSR count). The summed E-state index contributed by atoms with van der Waals surface area (Å²) in [7, 11) is -1.93. The Morgan fingerprint density at radius 3 is 2.55 bits per heavy atom. The molecule has 2 heterocycles. The minimum atomic E-state index is -3.51. The Hall–Kier alpha value is -2.30. The van der Waals surface area contributed by atoms with E-state index in [0.29, 0.717) is 23.5 Å². The highest BCUT2D eigenvalue weighted by Gasteiger charge is 2.27. The van der Waals surface area contributed by atoms with Crippen molar-refractivity contribution >= 4 is 33.0 Å². The third-order valence-corrected chi connectivity index (χ3v) is 8.34. The molecule has 0 bridgehead atoms. The first kappa shape index (κ1) is 21.4. The Bertz CT molecular complexity index is 997. The van der Waals surface area contributed by atoms with Crippen LogP contribution >= 0.6 is 11.3 Å². The van der Waals surface area contributed by atoms with Crippen LogP contribution in [0, 0.1) is 10.1 Å². The molecular formula is C19H23N3O5S2. The second kappa shape index (κ2) is 9.02. The summed E-state index contributed by atoms with van der Waals surface area (Å²) in [6.07, 6.45) is 2.83. The molecule has 1 aliphatic rings. The number of piperidine rings is 1. The van der Waals surface area contributed by atoms with Gasteiger partial charge in [0.15, 0.2) is 0 Å². The molecule has 1 amide bonds. The van der Waals surface area contributed by atoms with E-state index in [0.717, 1.165) is 30.6 Å². The van der Waals surface area contributed by atoms with Crippen LogP contribution in [-0.2, 0) is 27.8 Å². The summed E-state index contributed by atoms with van der Waals surface area (Å²) in [5.41, 5.74) is 0.422. The number of likely N-dealkylation sites (N-methyl/N-ethyl adjacent to an activating group) is 1. The molecule has 0 spiro atoms. The molecule has 10 heteroatoms. The first-order valence-corrected chi connectivity index (χ1v) is 11.6. The maximum Gasteiger partial charge on any atom is 0.274 e. The lowest BCUT2D eigenvalue weighted by Gasteiger charge is -2.25. The lowest BCUT2D eigenvalue weighted by Crippen LogP contribution is -2.35. The number of nitrogens with zero attached hydrogens (tertiary/aromatic N) is 3. The van der Waals surface area contributed by atoms with Crippen molar-refractivity contribution in [2.75, 3.05) is 20.1 Å². The van der Waals surface area contributed by atoms with E-state index in [-0.39, 0.29) is 28.8 Å². The summed E-state index contributed by atoms with van der Waals surface area (Å²) in [5.74, 6) is -0.230. The standard InChI is InChI=1S/C19H23N3O5S2/c1-20(14-15-7-3-4-8-17(15)22(24)25)18(23)13-16-9-10-19(28-16)29(26,27)21-11-5-2-6-12-21/h3-4,7-10H,2,5-6,11-14H2,1H3. The minimum Gasteiger partial charge on any atom is -0.341 e. The molecule has 156 valence electrons. The number of thiophene rings is 1. The van der Waals surface area contributed by atoms with Crippen LogP contribution in [-0.4, -0.2) is 48.6 Å². The largest absolute Gasteiger partial charge is 0.341 e. The van der Waals surface area contributed by atoms with Crippen molar-refractivity contribution in [3.8, 4) is 0 Å². The fourth-order valence-corrected chi connectivity index (χ4v) is 6.29. The summed E-state index contributed by atoms with van der Waals surface area (Å²) in [6, 6.07) is 9.52. The first-order chi connectivity index (χ1) is 13.8. The molecule has 1 saturated heterocycles. The van der Waals surface area contributed by atoms with Gasteiger partial charge < -0.3 is 4.90 Å². The second-order valence-electron chi connectivity index (χ2n) is 7.00. The molecule has 2 aromatic rings. The van der Waals surface area contributed by atoms with Crippen LogP contribution in [0.2, 0.25) is 0 Å². The molecule has 0 aliphatic carbocycles. The number of nitro benzene ring substituents is 1. The third-order valence-electron chi connectivity index (χ3n) is 4.89. The van der Waals surface area contributed by atoms with Gasteiger partial charge >= 0.3 is 0 Å². The van der Waals surface area contributed by atoms with Gasteiger partial charge in [0.05, 0.1) is 17.9 Å². The molecule has 1 aromatic heterocycles. The van der Waals surface area contributed by atoms with E-state index < -0.39 is 14.9 Å². The monoisotopic (exact) mass is 437 g/mol. The summed E-state index contributed by atoms with van der Waals surface area (Å²) in [4.78, 5) is 25.3. The Morgan fingerprint density at radius 1 is 1.17 bits per heavy atom. The van der Waals surface area contributed by atoms with Crippen LogP contribution in [0.15, 0.2) is 40.6 Å². The number of hydrogen-bond acceptors (Lipinski definition) is 6. The van der Waals surface area contributed by atoms with Crippen LogP contribution < -0.4 is 0 Å². The van der Waals surface area contributed by atoms with E-state index >= 15 is 0 Å². The summed E-state index contributed by atoms with van der Waals surface area (Å²) in [5, 5.41) is 11.1. The van der Waals surface area contributed by atoms with Gasteiger partial charge in [-0.2, -0.15) is 4.31 Å². The average molecular weight is 438 g/mol. The van der Waals surface area contributed by atoms with Gasteiger partial charge in [0, 0.05) is 36.6 Å². The van der Waals surface area contributed by atoms with Gasteiger partial charge in [-0.25, -0.2) is 8.42 Å². The van der Waals surface area contributed by atoms with E-state index in [4.69, 9.17) is 0 Å². The molecule has 8 nitrogen and oxygen atoms in total. The number of para-hydroxylation sites is 1. The molecule has 1 aromatic carbocycles. The highest BCUT2D eigenvalue weighted by Crippen LogP contribution is 2.28. The van der Waals surface area contributed by atoms with Crippen LogP contribution in [0.25, 0.3) is 0 Å². The van der Waals surface area contributed by atoms with E-state index in [1.807, 2.05) is 0 Å². The van der Waals surface area contributed by atoms with Gasteiger partial charge in [0.25, 0.3) is 15.7 Å². The van der Waals surface area contributed by atoms with Crippen molar-refractivity contribution in [2.24, 2.45) is 0 Å². The van der Waals surface area contributed by atoms with Gasteiger partial charge in [-0.05, 0) is 25.0 Å². The van der Waals surface area contributed by atoms with E-state index in [1.54, 1.807) is 37.4 Å². The minimum absolute atomic E-state index is 0.0295. The predicted octanol–water partition coefficient (Wildman–Crippen LogP) is 3.03.